The number of carboxylic acids is 1. The van der Waals surface area contributed by atoms with Gasteiger partial charge < -0.3 is 9.84 Å². The smallest absolute Gasteiger partial charge is 0.303 e. The molecule has 0 aliphatic carbocycles. The number of ether oxygens (including phenoxy) is 1. The van der Waals surface area contributed by atoms with Crippen LogP contribution in [0.2, 0.25) is 5.15 Å². The summed E-state index contributed by atoms with van der Waals surface area (Å²) in [6, 6.07) is 14.9. The Morgan fingerprint density at radius 2 is 2.00 bits per heavy atom. The summed E-state index contributed by atoms with van der Waals surface area (Å²) in [5, 5.41) is 16.1. The molecule has 2 aromatic carbocycles. The Labute approximate surface area is 196 Å². The lowest BCUT2D eigenvalue weighted by molar-refractivity contribution is -0.141. The molecule has 1 aromatic heterocycles. The van der Waals surface area contributed by atoms with Gasteiger partial charge in [0.15, 0.2) is 0 Å². The van der Waals surface area contributed by atoms with Gasteiger partial charge in [-0.2, -0.15) is 5.10 Å². The van der Waals surface area contributed by atoms with E-state index < -0.39 is 12.0 Å². The molecule has 0 fully saturated rings. The van der Waals surface area contributed by atoms with Crippen LogP contribution in [0.1, 0.15) is 48.9 Å². The monoisotopic (exact) mass is 465 g/mol. The van der Waals surface area contributed by atoms with Crippen LogP contribution in [0.15, 0.2) is 53.6 Å². The van der Waals surface area contributed by atoms with Gasteiger partial charge in [-0.05, 0) is 37.6 Å². The normalized spacial score (nSPS) is 15.5. The largest absolute Gasteiger partial charge is 0.494 e. The van der Waals surface area contributed by atoms with Gasteiger partial charge in [-0.1, -0.05) is 41.4 Å². The van der Waals surface area contributed by atoms with Crippen LogP contribution >= 0.6 is 11.6 Å². The van der Waals surface area contributed by atoms with E-state index in [4.69, 9.17) is 21.4 Å². The third-order valence-corrected chi connectivity index (χ3v) is 5.81. The van der Waals surface area contributed by atoms with Crippen LogP contribution < -0.4 is 4.74 Å². The SMILES string of the molecule is CCOc1ccc2cc([C@H]3CC(c4cccc(C)c4)=NN3C(=O)CCC(=O)O)c(Cl)nc2c1. The van der Waals surface area contributed by atoms with Crippen LogP contribution in [0.4, 0.5) is 0 Å². The Hall–Kier alpha value is -3.45. The van der Waals surface area contributed by atoms with Crippen LogP contribution in [0.5, 0.6) is 5.75 Å². The minimum absolute atomic E-state index is 0.146. The standard InChI is InChI=1S/C25H24ClN3O4/c1-3-33-18-8-7-17-12-19(25(26)27-20(17)13-18)22-14-21(16-6-4-5-15(2)11-16)28-29(22)23(30)9-10-24(31)32/h4-8,11-13,22H,3,9-10,14H2,1-2H3,(H,31,32)/t22-/m1/s1. The minimum atomic E-state index is -1.03. The fraction of sp³-hybridized carbons (Fsp3) is 0.280. The quantitative estimate of drug-likeness (QED) is 0.488. The molecule has 8 heteroatoms. The average molecular weight is 466 g/mol. The zero-order chi connectivity index (χ0) is 23.5. The van der Waals surface area contributed by atoms with Crippen molar-refractivity contribution in [2.45, 2.75) is 39.2 Å². The number of aryl methyl sites for hydroxylation is 1. The summed E-state index contributed by atoms with van der Waals surface area (Å²) in [4.78, 5) is 28.5. The number of rotatable bonds is 7. The second-order valence-corrected chi connectivity index (χ2v) is 8.28. The van der Waals surface area contributed by atoms with E-state index in [2.05, 4.69) is 10.1 Å². The lowest BCUT2D eigenvalue weighted by Gasteiger charge is -2.23. The van der Waals surface area contributed by atoms with E-state index in [9.17, 15) is 9.59 Å². The van der Waals surface area contributed by atoms with Crippen molar-refractivity contribution in [3.63, 3.8) is 0 Å². The molecule has 33 heavy (non-hydrogen) atoms. The van der Waals surface area contributed by atoms with Gasteiger partial charge in [0, 0.05) is 29.9 Å². The van der Waals surface area contributed by atoms with E-state index in [0.717, 1.165) is 22.2 Å². The maximum absolute atomic E-state index is 12.9. The van der Waals surface area contributed by atoms with Crippen molar-refractivity contribution in [2.75, 3.05) is 6.61 Å². The van der Waals surface area contributed by atoms with Gasteiger partial charge in [-0.25, -0.2) is 9.99 Å². The predicted octanol–water partition coefficient (Wildman–Crippen LogP) is 5.14. The van der Waals surface area contributed by atoms with Crippen LogP contribution in [0, 0.1) is 6.92 Å². The molecule has 4 rings (SSSR count). The zero-order valence-corrected chi connectivity index (χ0v) is 19.2. The molecule has 1 aliphatic rings. The van der Waals surface area contributed by atoms with Crippen LogP contribution in [-0.2, 0) is 9.59 Å². The number of hydrogen-bond donors (Lipinski definition) is 1. The number of aliphatic carboxylic acids is 1. The highest BCUT2D eigenvalue weighted by atomic mass is 35.5. The fourth-order valence-corrected chi connectivity index (χ4v) is 4.21. The highest BCUT2D eigenvalue weighted by molar-refractivity contribution is 6.30. The van der Waals surface area contributed by atoms with E-state index in [-0.39, 0.29) is 23.9 Å². The molecule has 0 radical (unpaired) electrons. The summed E-state index contributed by atoms with van der Waals surface area (Å²) >= 11 is 6.59. The van der Waals surface area contributed by atoms with Crippen molar-refractivity contribution < 1.29 is 19.4 Å². The summed E-state index contributed by atoms with van der Waals surface area (Å²) in [6.45, 7) is 4.45. The average Bonchev–Trinajstić information content (AvgIpc) is 3.22. The van der Waals surface area contributed by atoms with Gasteiger partial charge in [-0.3, -0.25) is 9.59 Å². The summed E-state index contributed by atoms with van der Waals surface area (Å²) in [6.07, 6.45) is 0.0419. The number of nitrogens with zero attached hydrogens (tertiary/aromatic N) is 3. The Kier molecular flexibility index (Phi) is 6.60. The summed E-state index contributed by atoms with van der Waals surface area (Å²) in [7, 11) is 0. The molecule has 1 atom stereocenters. The molecule has 170 valence electrons. The first kappa shape index (κ1) is 22.7. The minimum Gasteiger partial charge on any atom is -0.494 e. The first-order valence-electron chi connectivity index (χ1n) is 10.8. The van der Waals surface area contributed by atoms with Gasteiger partial charge in [0.25, 0.3) is 0 Å². The van der Waals surface area contributed by atoms with E-state index in [1.807, 2.05) is 62.4 Å². The number of aromatic nitrogens is 1. The molecule has 3 aromatic rings. The number of carbonyl (C=O) groups excluding carboxylic acids is 1. The number of halogens is 1. The molecule has 0 bridgehead atoms. The zero-order valence-electron chi connectivity index (χ0n) is 18.4. The molecule has 0 saturated carbocycles. The van der Waals surface area contributed by atoms with Crippen molar-refractivity contribution in [2.24, 2.45) is 5.10 Å². The molecular weight excluding hydrogens is 442 g/mol. The summed E-state index contributed by atoms with van der Waals surface area (Å²) < 4.78 is 5.55. The van der Waals surface area contributed by atoms with Crippen LogP contribution in [0.25, 0.3) is 10.9 Å². The predicted molar refractivity (Wildman–Crippen MR) is 127 cm³/mol. The molecule has 7 nitrogen and oxygen atoms in total. The Bertz CT molecular complexity index is 1260. The molecule has 0 unspecified atom stereocenters. The van der Waals surface area contributed by atoms with Crippen molar-refractivity contribution in [3.05, 3.63) is 70.4 Å². The van der Waals surface area contributed by atoms with Crippen molar-refractivity contribution in [1.82, 2.24) is 9.99 Å². The maximum atomic E-state index is 12.9. The third-order valence-electron chi connectivity index (χ3n) is 5.51. The highest BCUT2D eigenvalue weighted by Crippen LogP contribution is 2.38. The number of pyridine rings is 1. The first-order chi connectivity index (χ1) is 15.9. The molecule has 2 heterocycles. The number of carboxylic acid groups (broad SMARTS) is 1. The molecule has 0 spiro atoms. The Balaban J connectivity index is 1.72. The van der Waals surface area contributed by atoms with Gasteiger partial charge in [0.2, 0.25) is 5.91 Å². The number of amides is 1. The lowest BCUT2D eigenvalue weighted by Crippen LogP contribution is -2.27. The topological polar surface area (TPSA) is 92.1 Å². The number of hydrazone groups is 1. The molecule has 1 aliphatic heterocycles. The van der Waals surface area contributed by atoms with Crippen molar-refractivity contribution >= 4 is 40.1 Å². The van der Waals surface area contributed by atoms with Crippen molar-refractivity contribution in [1.29, 1.82) is 0 Å². The number of benzene rings is 2. The third kappa shape index (κ3) is 4.98. The van der Waals surface area contributed by atoms with E-state index in [1.165, 1.54) is 5.01 Å². The van der Waals surface area contributed by atoms with Crippen molar-refractivity contribution in [3.8, 4) is 5.75 Å². The second-order valence-electron chi connectivity index (χ2n) is 7.92. The molecule has 0 saturated heterocycles. The van der Waals surface area contributed by atoms with E-state index >= 15 is 0 Å². The number of fused-ring (bicyclic) bond motifs is 1. The lowest BCUT2D eigenvalue weighted by atomic mass is 9.97. The Morgan fingerprint density at radius 3 is 2.73 bits per heavy atom. The van der Waals surface area contributed by atoms with Gasteiger partial charge in [-0.15, -0.1) is 0 Å². The van der Waals surface area contributed by atoms with Gasteiger partial charge in [0.05, 0.1) is 30.3 Å². The summed E-state index contributed by atoms with van der Waals surface area (Å²) in [5.74, 6) is -0.692. The first-order valence-corrected chi connectivity index (χ1v) is 11.1. The van der Waals surface area contributed by atoms with Gasteiger partial charge >= 0.3 is 5.97 Å². The maximum Gasteiger partial charge on any atom is 0.303 e. The molecular formula is C25H24ClN3O4. The summed E-state index contributed by atoms with van der Waals surface area (Å²) in [5.41, 5.74) is 4.10. The molecule has 1 amide bonds. The van der Waals surface area contributed by atoms with E-state index in [1.54, 1.807) is 0 Å². The highest BCUT2D eigenvalue weighted by Gasteiger charge is 2.35. The fourth-order valence-electron chi connectivity index (χ4n) is 3.94. The van der Waals surface area contributed by atoms with Gasteiger partial charge in [0.1, 0.15) is 10.9 Å². The second kappa shape index (κ2) is 9.58. The van der Waals surface area contributed by atoms with E-state index in [0.29, 0.717) is 29.9 Å². The Morgan fingerprint density at radius 1 is 1.18 bits per heavy atom. The number of hydrogen-bond acceptors (Lipinski definition) is 5. The molecule has 1 N–H and O–H groups in total. The van der Waals surface area contributed by atoms with Crippen LogP contribution in [0.3, 0.4) is 0 Å². The van der Waals surface area contributed by atoms with Crippen LogP contribution in [-0.4, -0.2) is 39.3 Å². The number of carbonyl (C=O) groups is 2.